The lowest BCUT2D eigenvalue weighted by atomic mass is 10.3. The van der Waals surface area contributed by atoms with E-state index in [4.69, 9.17) is 0 Å². The van der Waals surface area contributed by atoms with E-state index in [1.54, 1.807) is 36.4 Å². The Morgan fingerprint density at radius 2 is 1.43 bits per heavy atom. The van der Waals surface area contributed by atoms with E-state index in [9.17, 15) is 13.7 Å². The summed E-state index contributed by atoms with van der Waals surface area (Å²) >= 11 is 0. The van der Waals surface area contributed by atoms with E-state index in [-0.39, 0.29) is 15.6 Å². The van der Waals surface area contributed by atoms with Gasteiger partial charge in [0.1, 0.15) is 11.9 Å². The molecule has 0 atom stereocenters. The van der Waals surface area contributed by atoms with Gasteiger partial charge in [0.25, 0.3) is 0 Å². The number of para-hydroxylation sites is 2. The van der Waals surface area contributed by atoms with Crippen molar-refractivity contribution in [2.75, 3.05) is 10.6 Å². The fourth-order valence-corrected chi connectivity index (χ4v) is 3.33. The highest BCUT2D eigenvalue weighted by molar-refractivity contribution is 7.95. The summed E-state index contributed by atoms with van der Waals surface area (Å²) in [6.45, 7) is 0. The second kappa shape index (κ2) is 4.96. The minimum absolute atomic E-state index is 0.0913. The van der Waals surface area contributed by atoms with Crippen LogP contribution in [0.1, 0.15) is 0 Å². The molecule has 2 N–H and O–H groups in total. The van der Waals surface area contributed by atoms with Crippen molar-refractivity contribution < 1.29 is 8.42 Å². The van der Waals surface area contributed by atoms with Crippen LogP contribution in [0.3, 0.4) is 0 Å². The van der Waals surface area contributed by atoms with Crippen molar-refractivity contribution in [3.8, 4) is 6.07 Å². The van der Waals surface area contributed by atoms with Gasteiger partial charge in [-0.15, -0.1) is 0 Å². The van der Waals surface area contributed by atoms with Gasteiger partial charge in [0.05, 0.1) is 16.3 Å². The number of hydrogen-bond acceptors (Lipinski definition) is 5. The molecule has 1 aliphatic rings. The van der Waals surface area contributed by atoms with E-state index in [0.29, 0.717) is 0 Å². The van der Waals surface area contributed by atoms with Crippen molar-refractivity contribution in [1.29, 1.82) is 5.26 Å². The van der Waals surface area contributed by atoms with Crippen molar-refractivity contribution in [1.82, 2.24) is 0 Å². The van der Waals surface area contributed by atoms with E-state index in [0.717, 1.165) is 11.4 Å². The summed E-state index contributed by atoms with van der Waals surface area (Å²) in [5.74, 6) is 0.183. The molecule has 0 bridgehead atoms. The number of nitrogens with one attached hydrogen (secondary N) is 2. The lowest BCUT2D eigenvalue weighted by Gasteiger charge is -2.06. The van der Waals surface area contributed by atoms with Crippen LogP contribution in [0.4, 0.5) is 11.4 Å². The fraction of sp³-hybridized carbons (Fsp3) is 0. The molecule has 0 fully saturated rings. The third kappa shape index (κ3) is 2.24. The van der Waals surface area contributed by atoms with Crippen LogP contribution in [-0.4, -0.2) is 8.42 Å². The first kappa shape index (κ1) is 13.2. The standard InChI is InChI=1S/C15H11N3O2S/c16-10-14(21(19,20)11-6-2-1-3-7-11)15-17-12-8-4-5-9-13(12)18-15/h1-9,17-18H. The smallest absolute Gasteiger partial charge is 0.220 e. The van der Waals surface area contributed by atoms with Gasteiger partial charge in [0, 0.05) is 0 Å². The Morgan fingerprint density at radius 1 is 0.905 bits per heavy atom. The first-order valence-corrected chi connectivity index (χ1v) is 7.69. The van der Waals surface area contributed by atoms with Gasteiger partial charge < -0.3 is 10.6 Å². The van der Waals surface area contributed by atoms with Crippen LogP contribution in [0.5, 0.6) is 0 Å². The zero-order chi connectivity index (χ0) is 14.9. The number of nitriles is 1. The van der Waals surface area contributed by atoms with E-state index in [2.05, 4.69) is 10.6 Å². The molecule has 0 saturated carbocycles. The maximum absolute atomic E-state index is 12.5. The van der Waals surface area contributed by atoms with Crippen molar-refractivity contribution in [2.45, 2.75) is 4.90 Å². The predicted molar refractivity (Wildman–Crippen MR) is 80.0 cm³/mol. The number of nitrogens with zero attached hydrogens (tertiary/aromatic N) is 1. The monoisotopic (exact) mass is 297 g/mol. The zero-order valence-corrected chi connectivity index (χ0v) is 11.7. The molecule has 3 rings (SSSR count). The molecule has 0 aliphatic carbocycles. The summed E-state index contributed by atoms with van der Waals surface area (Å²) in [5, 5.41) is 15.2. The molecule has 0 saturated heterocycles. The topological polar surface area (TPSA) is 82.0 Å². The highest BCUT2D eigenvalue weighted by Crippen LogP contribution is 2.33. The Kier molecular flexibility index (Phi) is 3.12. The van der Waals surface area contributed by atoms with Gasteiger partial charge in [0.15, 0.2) is 4.91 Å². The lowest BCUT2D eigenvalue weighted by molar-refractivity contribution is 0.603. The summed E-state index contributed by atoms with van der Waals surface area (Å²) in [6.07, 6.45) is 0. The molecule has 2 aromatic rings. The average Bonchev–Trinajstić information content (AvgIpc) is 2.92. The SMILES string of the molecule is N#CC(=C1Nc2ccccc2N1)S(=O)(=O)c1ccccc1. The van der Waals surface area contributed by atoms with Gasteiger partial charge in [-0.3, -0.25) is 0 Å². The first-order chi connectivity index (χ1) is 10.1. The number of sulfone groups is 1. The third-order valence-corrected chi connectivity index (χ3v) is 4.82. The van der Waals surface area contributed by atoms with E-state index < -0.39 is 9.84 Å². The summed E-state index contributed by atoms with van der Waals surface area (Å²) in [4.78, 5) is -0.237. The van der Waals surface area contributed by atoms with Crippen LogP contribution in [0.2, 0.25) is 0 Å². The van der Waals surface area contributed by atoms with Crippen LogP contribution < -0.4 is 10.6 Å². The quantitative estimate of drug-likeness (QED) is 0.833. The van der Waals surface area contributed by atoms with Gasteiger partial charge in [-0.2, -0.15) is 5.26 Å². The van der Waals surface area contributed by atoms with Crippen LogP contribution in [0, 0.1) is 11.3 Å². The Bertz CT molecular complexity index is 838. The second-order valence-electron chi connectivity index (χ2n) is 4.43. The highest BCUT2D eigenvalue weighted by atomic mass is 32.2. The van der Waals surface area contributed by atoms with Crippen LogP contribution in [0.15, 0.2) is 70.2 Å². The predicted octanol–water partition coefficient (Wildman–Crippen LogP) is 2.69. The molecule has 1 heterocycles. The number of hydrogen-bond donors (Lipinski definition) is 2. The maximum Gasteiger partial charge on any atom is 0.220 e. The van der Waals surface area contributed by atoms with Crippen molar-refractivity contribution in [2.24, 2.45) is 0 Å². The van der Waals surface area contributed by atoms with E-state index in [1.807, 2.05) is 12.1 Å². The highest BCUT2D eigenvalue weighted by Gasteiger charge is 2.28. The molecule has 0 radical (unpaired) electrons. The number of rotatable bonds is 2. The molecule has 1 aliphatic heterocycles. The third-order valence-electron chi connectivity index (χ3n) is 3.10. The first-order valence-electron chi connectivity index (χ1n) is 6.20. The van der Waals surface area contributed by atoms with Gasteiger partial charge >= 0.3 is 0 Å². The van der Waals surface area contributed by atoms with Gasteiger partial charge in [-0.25, -0.2) is 8.42 Å². The molecule has 0 unspecified atom stereocenters. The summed E-state index contributed by atoms with van der Waals surface area (Å²) in [7, 11) is -3.86. The normalized spacial score (nSPS) is 12.8. The van der Waals surface area contributed by atoms with E-state index >= 15 is 0 Å². The Labute approximate surface area is 122 Å². The number of anilines is 2. The molecule has 2 aromatic carbocycles. The second-order valence-corrected chi connectivity index (χ2v) is 6.31. The van der Waals surface area contributed by atoms with Gasteiger partial charge in [0.2, 0.25) is 9.84 Å². The van der Waals surface area contributed by atoms with Crippen molar-refractivity contribution >= 4 is 21.2 Å². The minimum atomic E-state index is -3.86. The molecular formula is C15H11N3O2S. The van der Waals surface area contributed by atoms with Crippen LogP contribution in [-0.2, 0) is 9.84 Å². The van der Waals surface area contributed by atoms with Gasteiger partial charge in [-0.1, -0.05) is 30.3 Å². The Morgan fingerprint density at radius 3 is 1.95 bits per heavy atom. The summed E-state index contributed by atoms with van der Waals surface area (Å²) in [6, 6.07) is 17.0. The molecule has 0 aromatic heterocycles. The van der Waals surface area contributed by atoms with Crippen LogP contribution in [0.25, 0.3) is 0 Å². The molecule has 0 spiro atoms. The summed E-state index contributed by atoms with van der Waals surface area (Å²) in [5.41, 5.74) is 1.48. The fourth-order valence-electron chi connectivity index (χ4n) is 2.08. The molecular weight excluding hydrogens is 286 g/mol. The van der Waals surface area contributed by atoms with E-state index in [1.165, 1.54) is 12.1 Å². The average molecular weight is 297 g/mol. The number of fused-ring (bicyclic) bond motifs is 1. The lowest BCUT2D eigenvalue weighted by Crippen LogP contribution is -2.12. The Balaban J connectivity index is 2.09. The van der Waals surface area contributed by atoms with Crippen LogP contribution >= 0.6 is 0 Å². The molecule has 5 nitrogen and oxygen atoms in total. The molecule has 0 amide bonds. The molecule has 104 valence electrons. The number of allylic oxidation sites excluding steroid dienone is 1. The van der Waals surface area contributed by atoms with Gasteiger partial charge in [-0.05, 0) is 24.3 Å². The molecule has 6 heteroatoms. The van der Waals surface area contributed by atoms with Crippen molar-refractivity contribution in [3.05, 3.63) is 65.3 Å². The van der Waals surface area contributed by atoms with Crippen molar-refractivity contribution in [3.63, 3.8) is 0 Å². The minimum Gasteiger partial charge on any atom is -0.338 e. The largest absolute Gasteiger partial charge is 0.338 e. The summed E-state index contributed by atoms with van der Waals surface area (Å²) < 4.78 is 25.1. The zero-order valence-electron chi connectivity index (χ0n) is 10.9. The number of benzene rings is 2. The molecule has 21 heavy (non-hydrogen) atoms. The maximum atomic E-state index is 12.5. The Hall–Kier alpha value is -2.78.